The molecular weight excluding hydrogens is 367 g/mol. The molecule has 1 amide bonds. The second kappa shape index (κ2) is 10.9. The number of hydrogen-bond acceptors (Lipinski definition) is 3. The zero-order chi connectivity index (χ0) is 18.2. The summed E-state index contributed by atoms with van der Waals surface area (Å²) in [6.07, 6.45) is 2.65. The number of carbonyl (C=O) groups excluding carboxylic acids is 1. The number of rotatable bonds is 9. The molecule has 0 atom stereocenters. The lowest BCUT2D eigenvalue weighted by molar-refractivity contribution is -0.127. The van der Waals surface area contributed by atoms with Gasteiger partial charge in [0.1, 0.15) is 18.2 Å². The molecule has 6 heteroatoms. The molecule has 0 radical (unpaired) electrons. The number of benzene rings is 2. The molecule has 2 aromatic carbocycles. The first-order valence-corrected chi connectivity index (χ1v) is 9.16. The van der Waals surface area contributed by atoms with Crippen molar-refractivity contribution in [3.8, 4) is 5.75 Å². The van der Waals surface area contributed by atoms with Crippen LogP contribution in [0, 0.1) is 5.82 Å². The van der Waals surface area contributed by atoms with Crippen molar-refractivity contribution in [3.63, 3.8) is 0 Å². The molecule has 1 saturated heterocycles. The predicted molar refractivity (Wildman–Crippen MR) is 107 cm³/mol. The van der Waals surface area contributed by atoms with Crippen molar-refractivity contribution in [2.75, 3.05) is 19.6 Å². The summed E-state index contributed by atoms with van der Waals surface area (Å²) in [5.41, 5.74) is 1.67. The van der Waals surface area contributed by atoms with Crippen LogP contribution in [0.3, 0.4) is 0 Å². The van der Waals surface area contributed by atoms with E-state index < -0.39 is 0 Å². The molecule has 0 spiro atoms. The monoisotopic (exact) mass is 392 g/mol. The number of likely N-dealkylation sites (tertiary alicyclic amines) is 1. The van der Waals surface area contributed by atoms with Crippen LogP contribution < -0.4 is 10.1 Å². The molecule has 1 N–H and O–H groups in total. The van der Waals surface area contributed by atoms with Crippen LogP contribution >= 0.6 is 12.4 Å². The van der Waals surface area contributed by atoms with Gasteiger partial charge in [-0.2, -0.15) is 0 Å². The Kier molecular flexibility index (Phi) is 8.55. The number of carbonyl (C=O) groups is 1. The largest absolute Gasteiger partial charge is 0.489 e. The Morgan fingerprint density at radius 2 is 2.00 bits per heavy atom. The third-order valence-corrected chi connectivity index (χ3v) is 4.53. The highest BCUT2D eigenvalue weighted by atomic mass is 35.5. The summed E-state index contributed by atoms with van der Waals surface area (Å²) >= 11 is 0. The Labute approximate surface area is 166 Å². The van der Waals surface area contributed by atoms with Crippen molar-refractivity contribution in [2.24, 2.45) is 0 Å². The van der Waals surface area contributed by atoms with Crippen LogP contribution in [0.4, 0.5) is 4.39 Å². The van der Waals surface area contributed by atoms with Crippen molar-refractivity contribution in [2.45, 2.75) is 32.4 Å². The van der Waals surface area contributed by atoms with Crippen LogP contribution in [0.15, 0.2) is 48.5 Å². The van der Waals surface area contributed by atoms with Gasteiger partial charge in [0, 0.05) is 31.6 Å². The van der Waals surface area contributed by atoms with Gasteiger partial charge in [0.25, 0.3) is 0 Å². The summed E-state index contributed by atoms with van der Waals surface area (Å²) in [4.78, 5) is 13.5. The molecule has 1 heterocycles. The highest BCUT2D eigenvalue weighted by Crippen LogP contribution is 2.16. The van der Waals surface area contributed by atoms with E-state index in [4.69, 9.17) is 4.74 Å². The standard InChI is InChI=1S/C21H25FN2O2.ClH/c22-20-9-2-1-7-18(20)16-26-19-8-3-6-17(14-19)15-23-11-5-13-24-12-4-10-21(24)25;/h1-3,6-9,14,23H,4-5,10-13,15-16H2;1H. The van der Waals surface area contributed by atoms with Gasteiger partial charge in [0.05, 0.1) is 0 Å². The number of ether oxygens (including phenoxy) is 1. The van der Waals surface area contributed by atoms with Crippen molar-refractivity contribution in [3.05, 3.63) is 65.5 Å². The van der Waals surface area contributed by atoms with Gasteiger partial charge in [-0.3, -0.25) is 4.79 Å². The summed E-state index contributed by atoms with van der Waals surface area (Å²) in [5.74, 6) is 0.765. The van der Waals surface area contributed by atoms with E-state index in [-0.39, 0.29) is 30.7 Å². The van der Waals surface area contributed by atoms with E-state index in [9.17, 15) is 9.18 Å². The van der Waals surface area contributed by atoms with Crippen molar-refractivity contribution in [1.82, 2.24) is 10.2 Å². The first kappa shape index (κ1) is 21.2. The molecular formula is C21H26ClFN2O2. The fourth-order valence-electron chi connectivity index (χ4n) is 3.09. The molecule has 4 nitrogen and oxygen atoms in total. The second-order valence-electron chi connectivity index (χ2n) is 6.54. The molecule has 0 aromatic heterocycles. The molecule has 0 aliphatic carbocycles. The lowest BCUT2D eigenvalue weighted by atomic mass is 10.2. The van der Waals surface area contributed by atoms with E-state index in [1.165, 1.54) is 6.07 Å². The molecule has 146 valence electrons. The number of nitrogens with zero attached hydrogens (tertiary/aromatic N) is 1. The minimum Gasteiger partial charge on any atom is -0.489 e. The fraction of sp³-hybridized carbons (Fsp3) is 0.381. The van der Waals surface area contributed by atoms with Crippen molar-refractivity contribution >= 4 is 18.3 Å². The van der Waals surface area contributed by atoms with Crippen LogP contribution in [0.5, 0.6) is 5.75 Å². The maximum atomic E-state index is 13.6. The summed E-state index contributed by atoms with van der Waals surface area (Å²) in [5, 5.41) is 3.40. The van der Waals surface area contributed by atoms with Crippen LogP contribution in [0.25, 0.3) is 0 Å². The van der Waals surface area contributed by atoms with Gasteiger partial charge in [0.15, 0.2) is 0 Å². The summed E-state index contributed by atoms with van der Waals surface area (Å²) < 4.78 is 19.3. The van der Waals surface area contributed by atoms with E-state index in [2.05, 4.69) is 5.32 Å². The van der Waals surface area contributed by atoms with Crippen molar-refractivity contribution < 1.29 is 13.9 Å². The predicted octanol–water partition coefficient (Wildman–Crippen LogP) is 3.93. The number of halogens is 2. The Morgan fingerprint density at radius 1 is 1.15 bits per heavy atom. The summed E-state index contributed by atoms with van der Waals surface area (Å²) in [6, 6.07) is 14.5. The Morgan fingerprint density at radius 3 is 2.78 bits per heavy atom. The lowest BCUT2D eigenvalue weighted by Gasteiger charge is -2.15. The maximum absolute atomic E-state index is 13.6. The van der Waals surface area contributed by atoms with Gasteiger partial charge >= 0.3 is 0 Å². The second-order valence-corrected chi connectivity index (χ2v) is 6.54. The van der Waals surface area contributed by atoms with Gasteiger partial charge in [-0.1, -0.05) is 30.3 Å². The molecule has 0 unspecified atom stereocenters. The summed E-state index contributed by atoms with van der Waals surface area (Å²) in [7, 11) is 0. The third kappa shape index (κ3) is 6.52. The highest BCUT2D eigenvalue weighted by molar-refractivity contribution is 5.85. The van der Waals surface area contributed by atoms with Gasteiger partial charge in [-0.15, -0.1) is 12.4 Å². The lowest BCUT2D eigenvalue weighted by Crippen LogP contribution is -2.28. The zero-order valence-electron chi connectivity index (χ0n) is 15.3. The van der Waals surface area contributed by atoms with E-state index >= 15 is 0 Å². The van der Waals surface area contributed by atoms with E-state index in [0.717, 1.165) is 50.3 Å². The van der Waals surface area contributed by atoms with Crippen LogP contribution in [0.2, 0.25) is 0 Å². The number of nitrogens with one attached hydrogen (secondary N) is 1. The van der Waals surface area contributed by atoms with Crippen LogP contribution in [-0.2, 0) is 17.9 Å². The fourth-order valence-corrected chi connectivity index (χ4v) is 3.09. The van der Waals surface area contributed by atoms with Gasteiger partial charge in [-0.25, -0.2) is 4.39 Å². The average Bonchev–Trinajstić information content (AvgIpc) is 3.06. The molecule has 2 aromatic rings. The first-order chi connectivity index (χ1) is 12.7. The Hall–Kier alpha value is -2.11. The van der Waals surface area contributed by atoms with E-state index in [1.807, 2.05) is 29.2 Å². The third-order valence-electron chi connectivity index (χ3n) is 4.53. The summed E-state index contributed by atoms with van der Waals surface area (Å²) in [6.45, 7) is 3.56. The molecule has 1 aliphatic rings. The minimum atomic E-state index is -0.248. The smallest absolute Gasteiger partial charge is 0.222 e. The average molecular weight is 393 g/mol. The minimum absolute atomic E-state index is 0. The molecule has 27 heavy (non-hydrogen) atoms. The Balaban J connectivity index is 0.00000261. The van der Waals surface area contributed by atoms with Crippen LogP contribution in [0.1, 0.15) is 30.4 Å². The quantitative estimate of drug-likeness (QED) is 0.657. The topological polar surface area (TPSA) is 41.6 Å². The van der Waals surface area contributed by atoms with Gasteiger partial charge < -0.3 is 15.0 Å². The zero-order valence-corrected chi connectivity index (χ0v) is 16.1. The molecule has 0 bridgehead atoms. The Bertz CT molecular complexity index is 742. The normalized spacial score (nSPS) is 13.5. The van der Waals surface area contributed by atoms with E-state index in [0.29, 0.717) is 12.0 Å². The first-order valence-electron chi connectivity index (χ1n) is 9.16. The number of hydrogen-bond donors (Lipinski definition) is 1. The van der Waals surface area contributed by atoms with Gasteiger partial charge in [0.2, 0.25) is 5.91 Å². The molecule has 1 aliphatic heterocycles. The molecule has 1 fully saturated rings. The highest BCUT2D eigenvalue weighted by Gasteiger charge is 2.18. The molecule has 3 rings (SSSR count). The number of amides is 1. The van der Waals surface area contributed by atoms with Crippen molar-refractivity contribution in [1.29, 1.82) is 0 Å². The van der Waals surface area contributed by atoms with Gasteiger partial charge in [-0.05, 0) is 43.1 Å². The van der Waals surface area contributed by atoms with E-state index in [1.54, 1.807) is 18.2 Å². The SMILES string of the molecule is Cl.O=C1CCCN1CCCNCc1cccc(OCc2ccccc2F)c1. The van der Waals surface area contributed by atoms with Crippen LogP contribution in [-0.4, -0.2) is 30.4 Å². The maximum Gasteiger partial charge on any atom is 0.222 e. The molecule has 0 saturated carbocycles.